The van der Waals surface area contributed by atoms with Gasteiger partial charge < -0.3 is 19.9 Å². The summed E-state index contributed by atoms with van der Waals surface area (Å²) in [7, 11) is 0. The number of piperidine rings is 1. The standard InChI is InChI=1S/C30H28N2O3/c33-23-8-7-19-13-24-30(34)14-21-20-11-17-3-1-2-4-18(17)12-22(20)31-26(21)28-29(30,25(19)27(23)35-28)9-10-32(24)15-16-5-6-16/h1-4,7-8,11-12,16,24,28,31,33-34H,5-6,9-10,13-15H2/t24-,28+,29+,30-/m1/s1. The molecule has 3 aromatic carbocycles. The number of nitrogens with zero attached hydrogens (tertiary/aromatic N) is 1. The second-order valence-corrected chi connectivity index (χ2v) is 11.7. The van der Waals surface area contributed by atoms with E-state index in [1.165, 1.54) is 40.1 Å². The highest BCUT2D eigenvalue weighted by molar-refractivity contribution is 5.99. The molecule has 1 saturated carbocycles. The Morgan fingerprint density at radius 3 is 2.74 bits per heavy atom. The molecule has 2 bridgehead atoms. The van der Waals surface area contributed by atoms with Crippen LogP contribution in [0.5, 0.6) is 11.5 Å². The number of fused-ring (bicyclic) bond motifs is 5. The fraction of sp³-hybridized carbons (Fsp3) is 0.400. The molecule has 0 unspecified atom stereocenters. The monoisotopic (exact) mass is 464 g/mol. The molecule has 3 heterocycles. The smallest absolute Gasteiger partial charge is 0.166 e. The van der Waals surface area contributed by atoms with Crippen LogP contribution in [-0.4, -0.2) is 44.8 Å². The maximum Gasteiger partial charge on any atom is 0.166 e. The van der Waals surface area contributed by atoms with Gasteiger partial charge in [0, 0.05) is 35.5 Å². The highest BCUT2D eigenvalue weighted by atomic mass is 16.5. The molecule has 1 aromatic heterocycles. The summed E-state index contributed by atoms with van der Waals surface area (Å²) in [6.07, 6.45) is 4.57. The summed E-state index contributed by atoms with van der Waals surface area (Å²) in [4.78, 5) is 6.32. The molecule has 0 radical (unpaired) electrons. The lowest BCUT2D eigenvalue weighted by molar-refractivity contribution is -0.173. The van der Waals surface area contributed by atoms with Gasteiger partial charge in [-0.1, -0.05) is 30.3 Å². The SMILES string of the molecule is Oc1ccc2c3c1O[C@H]1c4[nH]c5cc6ccccc6cc5c4C[C@@]4(O)[C@@H](C2)N(CC2CC2)CC[C@]314. The van der Waals surface area contributed by atoms with Gasteiger partial charge in [-0.3, -0.25) is 4.90 Å². The van der Waals surface area contributed by atoms with Gasteiger partial charge in [-0.15, -0.1) is 0 Å². The first-order valence-corrected chi connectivity index (χ1v) is 13.1. The van der Waals surface area contributed by atoms with Crippen molar-refractivity contribution in [3.8, 4) is 11.5 Å². The molecule has 5 heteroatoms. The summed E-state index contributed by atoms with van der Waals surface area (Å²) in [6.45, 7) is 2.05. The van der Waals surface area contributed by atoms with E-state index in [2.05, 4.69) is 52.3 Å². The zero-order chi connectivity index (χ0) is 23.1. The molecule has 9 rings (SSSR count). The van der Waals surface area contributed by atoms with Crippen molar-refractivity contribution in [1.82, 2.24) is 9.88 Å². The van der Waals surface area contributed by atoms with Crippen LogP contribution < -0.4 is 4.74 Å². The van der Waals surface area contributed by atoms with Gasteiger partial charge in [0.1, 0.15) is 0 Å². The predicted molar refractivity (Wildman–Crippen MR) is 134 cm³/mol. The van der Waals surface area contributed by atoms with Gasteiger partial charge in [0.05, 0.1) is 16.7 Å². The van der Waals surface area contributed by atoms with E-state index in [4.69, 9.17) is 4.74 Å². The molecular weight excluding hydrogens is 436 g/mol. The highest BCUT2D eigenvalue weighted by Gasteiger charge is 2.72. The van der Waals surface area contributed by atoms with E-state index in [9.17, 15) is 10.2 Å². The van der Waals surface area contributed by atoms with Gasteiger partial charge in [0.2, 0.25) is 0 Å². The molecule has 5 aliphatic rings. The number of likely N-dealkylation sites (tertiary alicyclic amines) is 1. The third-order valence-electron chi connectivity index (χ3n) is 10.0. The number of hydrogen-bond acceptors (Lipinski definition) is 4. The van der Waals surface area contributed by atoms with Gasteiger partial charge in [-0.2, -0.15) is 0 Å². The molecule has 3 aliphatic carbocycles. The minimum atomic E-state index is -0.940. The van der Waals surface area contributed by atoms with Gasteiger partial charge in [0.15, 0.2) is 17.6 Å². The number of hydrogen-bond donors (Lipinski definition) is 3. The number of ether oxygens (including phenoxy) is 1. The van der Waals surface area contributed by atoms with Crippen LogP contribution in [0.4, 0.5) is 0 Å². The summed E-state index contributed by atoms with van der Waals surface area (Å²) >= 11 is 0. The molecule has 2 fully saturated rings. The Morgan fingerprint density at radius 1 is 1.09 bits per heavy atom. The second kappa shape index (κ2) is 6.03. The van der Waals surface area contributed by atoms with Crippen LogP contribution >= 0.6 is 0 Å². The summed E-state index contributed by atoms with van der Waals surface area (Å²) in [5.41, 5.74) is 4.20. The van der Waals surface area contributed by atoms with Crippen LogP contribution in [0.15, 0.2) is 48.5 Å². The number of phenolic OH excluding ortho intramolecular Hbond substituents is 1. The highest BCUT2D eigenvalue weighted by Crippen LogP contribution is 2.69. The Labute approximate surface area is 203 Å². The molecule has 0 amide bonds. The first-order chi connectivity index (χ1) is 17.1. The predicted octanol–water partition coefficient (Wildman–Crippen LogP) is 4.73. The maximum absolute atomic E-state index is 12.9. The van der Waals surface area contributed by atoms with E-state index >= 15 is 0 Å². The van der Waals surface area contributed by atoms with Crippen LogP contribution in [0.3, 0.4) is 0 Å². The number of aromatic nitrogens is 1. The quantitative estimate of drug-likeness (QED) is 0.401. The molecule has 176 valence electrons. The average molecular weight is 465 g/mol. The molecule has 35 heavy (non-hydrogen) atoms. The molecule has 1 saturated heterocycles. The van der Waals surface area contributed by atoms with Crippen molar-refractivity contribution in [3.05, 3.63) is 70.9 Å². The third-order valence-corrected chi connectivity index (χ3v) is 10.0. The number of H-pyrrole nitrogens is 1. The molecule has 3 N–H and O–H groups in total. The number of aromatic hydroxyl groups is 1. The van der Waals surface area contributed by atoms with Crippen molar-refractivity contribution in [2.75, 3.05) is 13.1 Å². The average Bonchev–Trinajstić information content (AvgIpc) is 3.50. The first-order valence-electron chi connectivity index (χ1n) is 13.1. The Morgan fingerprint density at radius 2 is 1.91 bits per heavy atom. The largest absolute Gasteiger partial charge is 0.504 e. The van der Waals surface area contributed by atoms with Gasteiger partial charge in [-0.05, 0) is 78.2 Å². The number of benzene rings is 3. The number of rotatable bonds is 2. The van der Waals surface area contributed by atoms with Crippen LogP contribution in [-0.2, 0) is 18.3 Å². The van der Waals surface area contributed by atoms with Crippen LogP contribution in [0.25, 0.3) is 21.7 Å². The van der Waals surface area contributed by atoms with Gasteiger partial charge in [-0.25, -0.2) is 0 Å². The molecule has 5 nitrogen and oxygen atoms in total. The fourth-order valence-corrected chi connectivity index (χ4v) is 8.31. The summed E-state index contributed by atoms with van der Waals surface area (Å²) < 4.78 is 6.70. The van der Waals surface area contributed by atoms with Gasteiger partial charge in [0.25, 0.3) is 0 Å². The fourth-order valence-electron chi connectivity index (χ4n) is 8.31. The van der Waals surface area contributed by atoms with Crippen LogP contribution in [0.1, 0.15) is 47.8 Å². The van der Waals surface area contributed by atoms with Crippen LogP contribution in [0, 0.1) is 5.92 Å². The lowest BCUT2D eigenvalue weighted by Gasteiger charge is -2.62. The Kier molecular flexibility index (Phi) is 3.31. The summed E-state index contributed by atoms with van der Waals surface area (Å²) in [5.74, 6) is 1.56. The molecule has 4 aromatic rings. The molecular formula is C30H28N2O3. The van der Waals surface area contributed by atoms with Crippen molar-refractivity contribution < 1.29 is 14.9 Å². The maximum atomic E-state index is 12.9. The number of phenols is 1. The Balaban J connectivity index is 1.33. The topological polar surface area (TPSA) is 68.7 Å². The zero-order valence-corrected chi connectivity index (χ0v) is 19.6. The summed E-state index contributed by atoms with van der Waals surface area (Å²) in [6, 6.07) is 16.9. The number of aromatic amines is 1. The molecule has 2 aliphatic heterocycles. The summed E-state index contributed by atoms with van der Waals surface area (Å²) in [5, 5.41) is 27.4. The Hall–Kier alpha value is -3.02. The zero-order valence-electron chi connectivity index (χ0n) is 19.6. The minimum absolute atomic E-state index is 0.0597. The van der Waals surface area contributed by atoms with Crippen molar-refractivity contribution in [1.29, 1.82) is 0 Å². The lowest BCUT2D eigenvalue weighted by atomic mass is 9.49. The van der Waals surface area contributed by atoms with Crippen molar-refractivity contribution in [2.45, 2.75) is 55.3 Å². The van der Waals surface area contributed by atoms with Crippen molar-refractivity contribution in [3.63, 3.8) is 0 Å². The second-order valence-electron chi connectivity index (χ2n) is 11.7. The van der Waals surface area contributed by atoms with E-state index in [1.54, 1.807) is 6.07 Å². The van der Waals surface area contributed by atoms with E-state index in [0.717, 1.165) is 48.6 Å². The van der Waals surface area contributed by atoms with Crippen molar-refractivity contribution in [2.24, 2.45) is 5.92 Å². The van der Waals surface area contributed by atoms with E-state index < -0.39 is 11.0 Å². The van der Waals surface area contributed by atoms with E-state index in [0.29, 0.717) is 12.2 Å². The van der Waals surface area contributed by atoms with Crippen molar-refractivity contribution >= 4 is 21.7 Å². The van der Waals surface area contributed by atoms with E-state index in [-0.39, 0.29) is 17.9 Å². The third kappa shape index (κ3) is 2.15. The molecule has 1 spiro atoms. The number of nitrogens with one attached hydrogen (secondary N) is 1. The normalized spacial score (nSPS) is 32.5. The lowest BCUT2D eigenvalue weighted by Crippen LogP contribution is -2.74. The minimum Gasteiger partial charge on any atom is -0.504 e. The van der Waals surface area contributed by atoms with Gasteiger partial charge >= 0.3 is 0 Å². The first kappa shape index (κ1) is 19.2. The number of aliphatic hydroxyl groups is 1. The molecule has 4 atom stereocenters. The van der Waals surface area contributed by atoms with E-state index in [1.807, 2.05) is 0 Å². The van der Waals surface area contributed by atoms with Crippen LogP contribution in [0.2, 0.25) is 0 Å². The Bertz CT molecular complexity index is 1590.